The van der Waals surface area contributed by atoms with Crippen LogP contribution in [0.5, 0.6) is 0 Å². The third-order valence-corrected chi connectivity index (χ3v) is 4.10. The highest BCUT2D eigenvalue weighted by Gasteiger charge is 2.13. The molecule has 0 saturated carbocycles. The zero-order valence-electron chi connectivity index (χ0n) is 13.9. The minimum Gasteiger partial charge on any atom is -0.278 e. The number of nitrogens with one attached hydrogen (secondary N) is 1. The summed E-state index contributed by atoms with van der Waals surface area (Å²) in [4.78, 5) is 0. The lowest BCUT2D eigenvalue weighted by Gasteiger charge is -2.19. The van der Waals surface area contributed by atoms with E-state index in [4.69, 9.17) is 11.6 Å². The predicted octanol–water partition coefficient (Wildman–Crippen LogP) is 5.78. The summed E-state index contributed by atoms with van der Waals surface area (Å²) >= 11 is 6.12. The molecule has 0 aliphatic carbocycles. The summed E-state index contributed by atoms with van der Waals surface area (Å²) in [5, 5.41) is 5.18. The average Bonchev–Trinajstić information content (AvgIpc) is 2.47. The Morgan fingerprint density at radius 3 is 2.23 bits per heavy atom. The third kappa shape index (κ3) is 4.11. The van der Waals surface area contributed by atoms with Crippen molar-refractivity contribution >= 4 is 23.0 Å². The van der Waals surface area contributed by atoms with Crippen LogP contribution in [0.3, 0.4) is 0 Å². The van der Waals surface area contributed by atoms with Crippen molar-refractivity contribution in [1.82, 2.24) is 0 Å². The number of halogens is 1. The zero-order chi connectivity index (χ0) is 16.3. The van der Waals surface area contributed by atoms with Gasteiger partial charge in [-0.25, -0.2) is 0 Å². The zero-order valence-corrected chi connectivity index (χ0v) is 14.6. The van der Waals surface area contributed by atoms with Gasteiger partial charge in [-0.2, -0.15) is 5.10 Å². The molecule has 0 bridgehead atoms. The van der Waals surface area contributed by atoms with Gasteiger partial charge in [-0.1, -0.05) is 62.7 Å². The predicted molar refractivity (Wildman–Crippen MR) is 97.2 cm³/mol. The van der Waals surface area contributed by atoms with Crippen molar-refractivity contribution in [2.45, 2.75) is 40.0 Å². The molecule has 2 aromatic rings. The Morgan fingerprint density at radius 2 is 1.68 bits per heavy atom. The van der Waals surface area contributed by atoms with Crippen LogP contribution < -0.4 is 5.43 Å². The standard InChI is InChI=1S/C19H23ClN2/c1-13-6-11-17(12-18(13)20)22-21-14(2)15-7-9-16(10-8-15)19(3,4)5/h6-12,22H,1-5H3/b21-14-. The van der Waals surface area contributed by atoms with Gasteiger partial charge in [0.25, 0.3) is 0 Å². The van der Waals surface area contributed by atoms with E-state index in [1.165, 1.54) is 5.56 Å². The van der Waals surface area contributed by atoms with Gasteiger partial charge in [0.05, 0.1) is 11.4 Å². The third-order valence-electron chi connectivity index (χ3n) is 3.69. The van der Waals surface area contributed by atoms with Crippen LogP contribution in [0.4, 0.5) is 5.69 Å². The fourth-order valence-corrected chi connectivity index (χ4v) is 2.27. The molecule has 0 fully saturated rings. The molecule has 2 nitrogen and oxygen atoms in total. The Labute approximate surface area is 138 Å². The summed E-state index contributed by atoms with van der Waals surface area (Å²) in [6.07, 6.45) is 0. The second-order valence-electron chi connectivity index (χ2n) is 6.60. The van der Waals surface area contributed by atoms with Crippen molar-refractivity contribution in [3.63, 3.8) is 0 Å². The largest absolute Gasteiger partial charge is 0.278 e. The average molecular weight is 315 g/mol. The number of benzene rings is 2. The lowest BCUT2D eigenvalue weighted by Crippen LogP contribution is -2.11. The van der Waals surface area contributed by atoms with E-state index in [2.05, 4.69) is 55.6 Å². The maximum Gasteiger partial charge on any atom is 0.0648 e. The minimum atomic E-state index is 0.167. The Hall–Kier alpha value is -1.80. The van der Waals surface area contributed by atoms with Crippen LogP contribution in [0.2, 0.25) is 5.02 Å². The van der Waals surface area contributed by atoms with E-state index in [0.717, 1.165) is 27.5 Å². The first-order valence-corrected chi connectivity index (χ1v) is 7.82. The smallest absolute Gasteiger partial charge is 0.0648 e. The molecule has 0 unspecified atom stereocenters. The first kappa shape index (κ1) is 16.6. The summed E-state index contributed by atoms with van der Waals surface area (Å²) < 4.78 is 0. The van der Waals surface area contributed by atoms with Gasteiger partial charge in [0, 0.05) is 5.02 Å². The molecule has 0 aliphatic rings. The Morgan fingerprint density at radius 1 is 1.05 bits per heavy atom. The van der Waals surface area contributed by atoms with E-state index in [-0.39, 0.29) is 5.41 Å². The molecule has 0 atom stereocenters. The van der Waals surface area contributed by atoms with E-state index < -0.39 is 0 Å². The number of hydrazone groups is 1. The molecule has 0 spiro atoms. The fraction of sp³-hybridized carbons (Fsp3) is 0.316. The molecule has 1 N–H and O–H groups in total. The molecule has 0 radical (unpaired) electrons. The number of nitrogens with zero attached hydrogens (tertiary/aromatic N) is 1. The lowest BCUT2D eigenvalue weighted by molar-refractivity contribution is 0.590. The van der Waals surface area contributed by atoms with Gasteiger partial charge in [0.2, 0.25) is 0 Å². The maximum atomic E-state index is 6.12. The van der Waals surface area contributed by atoms with E-state index in [9.17, 15) is 0 Å². The second-order valence-corrected chi connectivity index (χ2v) is 7.01. The summed E-state index contributed by atoms with van der Waals surface area (Å²) in [7, 11) is 0. The molecule has 2 rings (SSSR count). The number of aryl methyl sites for hydroxylation is 1. The Balaban J connectivity index is 2.13. The van der Waals surface area contributed by atoms with Crippen LogP contribution in [0.1, 0.15) is 44.4 Å². The molecule has 2 aromatic carbocycles. The fourth-order valence-electron chi connectivity index (χ4n) is 2.09. The maximum absolute atomic E-state index is 6.12. The monoisotopic (exact) mass is 314 g/mol. The van der Waals surface area contributed by atoms with Gasteiger partial charge in [-0.05, 0) is 48.1 Å². The molecule has 0 aliphatic heterocycles. The van der Waals surface area contributed by atoms with E-state index >= 15 is 0 Å². The topological polar surface area (TPSA) is 24.4 Å². The summed E-state index contributed by atoms with van der Waals surface area (Å²) in [6, 6.07) is 14.4. The molecule has 22 heavy (non-hydrogen) atoms. The summed E-state index contributed by atoms with van der Waals surface area (Å²) in [5.41, 5.74) is 8.55. The first-order valence-electron chi connectivity index (χ1n) is 7.45. The van der Waals surface area contributed by atoms with Crippen molar-refractivity contribution in [3.8, 4) is 0 Å². The SMILES string of the molecule is C/C(=N/Nc1ccc(C)c(Cl)c1)c1ccc(C(C)(C)C)cc1. The number of hydrogen-bond donors (Lipinski definition) is 1. The summed E-state index contributed by atoms with van der Waals surface area (Å²) in [6.45, 7) is 10.6. The van der Waals surface area contributed by atoms with Gasteiger partial charge in [-0.15, -0.1) is 0 Å². The van der Waals surface area contributed by atoms with Crippen molar-refractivity contribution < 1.29 is 0 Å². The lowest BCUT2D eigenvalue weighted by atomic mass is 9.86. The number of hydrogen-bond acceptors (Lipinski definition) is 2. The molecular formula is C19H23ClN2. The van der Waals surface area contributed by atoms with Crippen LogP contribution >= 0.6 is 11.6 Å². The highest BCUT2D eigenvalue weighted by molar-refractivity contribution is 6.31. The quantitative estimate of drug-likeness (QED) is 0.563. The van der Waals surface area contributed by atoms with E-state index in [0.29, 0.717) is 0 Å². The van der Waals surface area contributed by atoms with Crippen LogP contribution in [-0.2, 0) is 5.41 Å². The van der Waals surface area contributed by atoms with Crippen LogP contribution in [-0.4, -0.2) is 5.71 Å². The van der Waals surface area contributed by atoms with E-state index in [1.807, 2.05) is 32.0 Å². The van der Waals surface area contributed by atoms with E-state index in [1.54, 1.807) is 0 Å². The van der Waals surface area contributed by atoms with Gasteiger partial charge in [-0.3, -0.25) is 5.43 Å². The van der Waals surface area contributed by atoms with Gasteiger partial charge < -0.3 is 0 Å². The molecule has 0 heterocycles. The Kier molecular flexibility index (Phi) is 4.92. The number of rotatable bonds is 3. The van der Waals surface area contributed by atoms with Crippen molar-refractivity contribution in [2.24, 2.45) is 5.10 Å². The molecular weight excluding hydrogens is 292 g/mol. The summed E-state index contributed by atoms with van der Waals surface area (Å²) in [5.74, 6) is 0. The number of anilines is 1. The van der Waals surface area contributed by atoms with Crippen LogP contribution in [0, 0.1) is 6.92 Å². The molecule has 0 saturated heterocycles. The van der Waals surface area contributed by atoms with Gasteiger partial charge in [0.1, 0.15) is 0 Å². The first-order chi connectivity index (χ1) is 10.3. The van der Waals surface area contributed by atoms with Gasteiger partial charge >= 0.3 is 0 Å². The molecule has 0 aromatic heterocycles. The highest BCUT2D eigenvalue weighted by Crippen LogP contribution is 2.23. The minimum absolute atomic E-state index is 0.167. The second kappa shape index (κ2) is 6.53. The van der Waals surface area contributed by atoms with Crippen LogP contribution in [0.15, 0.2) is 47.6 Å². The molecule has 0 amide bonds. The molecule has 116 valence electrons. The Bertz CT molecular complexity index is 680. The van der Waals surface area contributed by atoms with Crippen molar-refractivity contribution in [1.29, 1.82) is 0 Å². The van der Waals surface area contributed by atoms with Crippen molar-refractivity contribution in [2.75, 3.05) is 5.43 Å². The van der Waals surface area contributed by atoms with Crippen LogP contribution in [0.25, 0.3) is 0 Å². The normalized spacial score (nSPS) is 12.4. The van der Waals surface area contributed by atoms with Crippen molar-refractivity contribution in [3.05, 3.63) is 64.2 Å². The molecule has 3 heteroatoms. The van der Waals surface area contributed by atoms with Gasteiger partial charge in [0.15, 0.2) is 0 Å². The highest BCUT2D eigenvalue weighted by atomic mass is 35.5.